The minimum Gasteiger partial charge on any atom is -0.330 e. The molecule has 0 aliphatic carbocycles. The molecule has 1 rings (SSSR count). The van der Waals surface area contributed by atoms with Gasteiger partial charge in [0.25, 0.3) is 0 Å². The lowest BCUT2D eigenvalue weighted by atomic mass is 10.2. The van der Waals surface area contributed by atoms with Crippen molar-refractivity contribution >= 4 is 29.1 Å². The van der Waals surface area contributed by atoms with E-state index in [2.05, 4.69) is 22.4 Å². The molecule has 2 nitrogen and oxygen atoms in total. The van der Waals surface area contributed by atoms with Gasteiger partial charge in [-0.3, -0.25) is 0 Å². The summed E-state index contributed by atoms with van der Waals surface area (Å²) in [7, 11) is 0. The Hall–Kier alpha value is -1.28. The summed E-state index contributed by atoms with van der Waals surface area (Å²) >= 11 is 4.53. The summed E-state index contributed by atoms with van der Waals surface area (Å²) in [6, 6.07) is 7.79. The summed E-state index contributed by atoms with van der Waals surface area (Å²) in [5, 5.41) is 2.34. The molecule has 1 aromatic carbocycles. The lowest BCUT2D eigenvalue weighted by Crippen LogP contribution is -1.94. The van der Waals surface area contributed by atoms with Gasteiger partial charge in [0, 0.05) is 0 Å². The van der Waals surface area contributed by atoms with Crippen LogP contribution in [-0.2, 0) is 0 Å². The van der Waals surface area contributed by atoms with Crippen molar-refractivity contribution in [1.29, 1.82) is 0 Å². The van der Waals surface area contributed by atoms with E-state index in [1.54, 1.807) is 0 Å². The number of benzene rings is 1. The molecule has 0 aliphatic heterocycles. The number of hydrogen-bond donors (Lipinski definition) is 1. The zero-order valence-electron chi connectivity index (χ0n) is 7.81. The van der Waals surface area contributed by atoms with Crippen molar-refractivity contribution < 1.29 is 0 Å². The zero-order chi connectivity index (χ0) is 10.2. The van der Waals surface area contributed by atoms with E-state index in [4.69, 9.17) is 5.73 Å². The Kier molecular flexibility index (Phi) is 4.79. The van der Waals surface area contributed by atoms with Gasteiger partial charge in [0.15, 0.2) is 0 Å². The maximum Gasteiger partial charge on any atom is 0.0745 e. The van der Waals surface area contributed by atoms with Crippen molar-refractivity contribution in [2.75, 3.05) is 6.54 Å². The van der Waals surface area contributed by atoms with Gasteiger partial charge in [-0.15, -0.1) is 0 Å². The summed E-state index contributed by atoms with van der Waals surface area (Å²) in [6.07, 6.45) is 4.95. The van der Waals surface area contributed by atoms with E-state index >= 15 is 0 Å². The highest BCUT2D eigenvalue weighted by atomic mass is 32.1. The van der Waals surface area contributed by atoms with E-state index in [-0.39, 0.29) is 0 Å². The molecule has 14 heavy (non-hydrogen) atoms. The fourth-order valence-electron chi connectivity index (χ4n) is 1.07. The van der Waals surface area contributed by atoms with Crippen LogP contribution in [0, 0.1) is 0 Å². The Balaban J connectivity index is 2.77. The molecule has 0 saturated heterocycles. The molecule has 72 valence electrons. The molecule has 2 N–H and O–H groups in total. The first-order valence-electron chi connectivity index (χ1n) is 4.41. The third kappa shape index (κ3) is 3.62. The van der Waals surface area contributed by atoms with E-state index < -0.39 is 0 Å². The van der Waals surface area contributed by atoms with Gasteiger partial charge in [0.05, 0.1) is 10.8 Å². The second kappa shape index (κ2) is 6.22. The number of thiocarbonyl (C=S) groups is 1. The molecule has 1 aromatic rings. The van der Waals surface area contributed by atoms with Crippen molar-refractivity contribution in [3.8, 4) is 0 Å². The Bertz CT molecular complexity index is 365. The van der Waals surface area contributed by atoms with Crippen molar-refractivity contribution in [2.24, 2.45) is 10.7 Å². The van der Waals surface area contributed by atoms with Gasteiger partial charge in [-0.2, -0.15) is 4.99 Å². The number of hydrogen-bond acceptors (Lipinski definition) is 3. The van der Waals surface area contributed by atoms with Crippen LogP contribution < -0.4 is 5.73 Å². The molecule has 0 bridgehead atoms. The first kappa shape index (κ1) is 10.8. The van der Waals surface area contributed by atoms with E-state index in [0.717, 1.165) is 17.7 Å². The second-order valence-electron chi connectivity index (χ2n) is 2.78. The third-order valence-electron chi connectivity index (χ3n) is 1.69. The highest BCUT2D eigenvalue weighted by Crippen LogP contribution is 2.14. The number of isothiocyanates is 1. The standard InChI is InChI=1S/C11H12N2S/c12-7-2-1-4-10-5-3-6-11(8-10)13-9-14/h1,3-6,8H,2,7,12H2. The summed E-state index contributed by atoms with van der Waals surface area (Å²) in [6.45, 7) is 0.675. The van der Waals surface area contributed by atoms with Gasteiger partial charge in [-0.25, -0.2) is 0 Å². The lowest BCUT2D eigenvalue weighted by molar-refractivity contribution is 1.01. The van der Waals surface area contributed by atoms with Crippen molar-refractivity contribution in [1.82, 2.24) is 0 Å². The van der Waals surface area contributed by atoms with E-state index in [9.17, 15) is 0 Å². The molecule has 0 radical (unpaired) electrons. The largest absolute Gasteiger partial charge is 0.330 e. The Morgan fingerprint density at radius 2 is 2.36 bits per heavy atom. The first-order chi connectivity index (χ1) is 6.86. The van der Waals surface area contributed by atoms with Crippen LogP contribution in [-0.4, -0.2) is 11.7 Å². The van der Waals surface area contributed by atoms with Crippen LogP contribution in [0.4, 0.5) is 5.69 Å². The fraction of sp³-hybridized carbons (Fsp3) is 0.182. The minimum absolute atomic E-state index is 0.675. The Morgan fingerprint density at radius 1 is 1.50 bits per heavy atom. The maximum absolute atomic E-state index is 5.38. The molecule has 0 atom stereocenters. The predicted octanol–water partition coefficient (Wildman–Crippen LogP) is 2.78. The first-order valence-corrected chi connectivity index (χ1v) is 4.82. The second-order valence-corrected chi connectivity index (χ2v) is 2.96. The number of rotatable bonds is 4. The average Bonchev–Trinajstić information content (AvgIpc) is 2.19. The summed E-state index contributed by atoms with van der Waals surface area (Å²) in [5.74, 6) is 0. The minimum atomic E-state index is 0.675. The van der Waals surface area contributed by atoms with Crippen LogP contribution in [0.3, 0.4) is 0 Å². The van der Waals surface area contributed by atoms with Crippen LogP contribution in [0.25, 0.3) is 6.08 Å². The highest BCUT2D eigenvalue weighted by Gasteiger charge is 1.89. The van der Waals surface area contributed by atoms with Gasteiger partial charge in [-0.05, 0) is 42.9 Å². The molecule has 0 unspecified atom stereocenters. The Morgan fingerprint density at radius 3 is 3.07 bits per heavy atom. The van der Waals surface area contributed by atoms with Gasteiger partial charge in [-0.1, -0.05) is 24.3 Å². The molecular formula is C11H12N2S. The molecule has 0 aliphatic rings. The lowest BCUT2D eigenvalue weighted by Gasteiger charge is -1.94. The topological polar surface area (TPSA) is 38.4 Å². The molecule has 3 heteroatoms. The number of nitrogens with zero attached hydrogens (tertiary/aromatic N) is 1. The monoisotopic (exact) mass is 204 g/mol. The predicted molar refractivity (Wildman–Crippen MR) is 63.8 cm³/mol. The van der Waals surface area contributed by atoms with Crippen LogP contribution in [0.2, 0.25) is 0 Å². The van der Waals surface area contributed by atoms with Gasteiger partial charge >= 0.3 is 0 Å². The molecule has 0 spiro atoms. The molecule has 0 amide bonds. The fourth-order valence-corrected chi connectivity index (χ4v) is 1.17. The smallest absolute Gasteiger partial charge is 0.0745 e. The molecule has 0 saturated carbocycles. The van der Waals surface area contributed by atoms with E-state index in [1.807, 2.05) is 36.4 Å². The summed E-state index contributed by atoms with van der Waals surface area (Å²) in [4.78, 5) is 3.90. The summed E-state index contributed by atoms with van der Waals surface area (Å²) in [5.41, 5.74) is 7.31. The van der Waals surface area contributed by atoms with Crippen LogP contribution in [0.15, 0.2) is 35.3 Å². The SMILES string of the molecule is NCCC=Cc1cccc(N=C=S)c1. The van der Waals surface area contributed by atoms with Gasteiger partial charge in [0.1, 0.15) is 0 Å². The number of aliphatic imine (C=N–C) groups is 1. The molecular weight excluding hydrogens is 192 g/mol. The van der Waals surface area contributed by atoms with E-state index in [0.29, 0.717) is 6.54 Å². The Labute approximate surface area is 89.2 Å². The molecule has 0 aromatic heterocycles. The van der Waals surface area contributed by atoms with Crippen LogP contribution in [0.1, 0.15) is 12.0 Å². The van der Waals surface area contributed by atoms with Crippen molar-refractivity contribution in [3.63, 3.8) is 0 Å². The average molecular weight is 204 g/mol. The summed E-state index contributed by atoms with van der Waals surface area (Å²) < 4.78 is 0. The van der Waals surface area contributed by atoms with Gasteiger partial charge in [0.2, 0.25) is 0 Å². The highest BCUT2D eigenvalue weighted by molar-refractivity contribution is 7.78. The molecule has 0 heterocycles. The van der Waals surface area contributed by atoms with Crippen LogP contribution >= 0.6 is 12.2 Å². The number of nitrogens with two attached hydrogens (primary N) is 1. The van der Waals surface area contributed by atoms with Crippen LogP contribution in [0.5, 0.6) is 0 Å². The van der Waals surface area contributed by atoms with E-state index in [1.165, 1.54) is 0 Å². The normalized spacial score (nSPS) is 10.1. The quantitative estimate of drug-likeness (QED) is 0.605. The third-order valence-corrected chi connectivity index (χ3v) is 1.78. The van der Waals surface area contributed by atoms with Crippen molar-refractivity contribution in [2.45, 2.75) is 6.42 Å². The molecule has 0 fully saturated rings. The van der Waals surface area contributed by atoms with Gasteiger partial charge < -0.3 is 5.73 Å². The zero-order valence-corrected chi connectivity index (χ0v) is 8.63. The maximum atomic E-state index is 5.38. The van der Waals surface area contributed by atoms with Crippen molar-refractivity contribution in [3.05, 3.63) is 35.9 Å².